The van der Waals surface area contributed by atoms with E-state index in [4.69, 9.17) is 18.6 Å². The van der Waals surface area contributed by atoms with Gasteiger partial charge in [-0.1, -0.05) is 88.4 Å². The molecule has 0 amide bonds. The molecule has 12 rings (SSSR count). The molecule has 0 radical (unpaired) electrons. The highest BCUT2D eigenvalue weighted by atomic mass is 16.7. The third-order valence-corrected chi connectivity index (χ3v) is 15.8. The molecule has 0 N–H and O–H groups in total. The quantitative estimate of drug-likeness (QED) is 0.289. The van der Waals surface area contributed by atoms with E-state index in [1.165, 1.54) is 49.7 Å². The van der Waals surface area contributed by atoms with Gasteiger partial charge in [-0.2, -0.15) is 0 Å². The lowest BCUT2D eigenvalue weighted by Gasteiger charge is -2.64. The molecule has 6 saturated carbocycles. The van der Waals surface area contributed by atoms with Crippen molar-refractivity contribution < 1.29 is 18.6 Å². The molecule has 4 saturated heterocycles. The lowest BCUT2D eigenvalue weighted by Crippen LogP contribution is -2.65. The van der Waals surface area contributed by atoms with Crippen LogP contribution >= 0.6 is 0 Å². The van der Waals surface area contributed by atoms with Gasteiger partial charge in [0.25, 0.3) is 0 Å². The molecule has 4 unspecified atom stereocenters. The fourth-order valence-electron chi connectivity index (χ4n) is 12.3. The maximum Gasteiger partial charge on any atom is 0.462 e. The average molecular weight is 679 g/mol. The highest BCUT2D eigenvalue weighted by molar-refractivity contribution is 6.48. The Bertz CT molecular complexity index is 1410. The normalized spacial score (nSPS) is 42.3. The Hall–Kier alpha value is -1.67. The Kier molecular flexibility index (Phi) is 8.50. The van der Waals surface area contributed by atoms with E-state index in [9.17, 15) is 0 Å². The monoisotopic (exact) mass is 678 g/mol. The van der Waals surface area contributed by atoms with Crippen LogP contribution in [0.3, 0.4) is 0 Å². The van der Waals surface area contributed by atoms with Crippen LogP contribution in [0.2, 0.25) is 11.6 Å². The van der Waals surface area contributed by atoms with E-state index in [-0.39, 0.29) is 25.4 Å². The van der Waals surface area contributed by atoms with Crippen LogP contribution < -0.4 is 0 Å². The topological polar surface area (TPSA) is 43.4 Å². The number of likely N-dealkylation sites (tertiary alicyclic amines) is 2. The first-order chi connectivity index (χ1) is 23.9. The minimum atomic E-state index is -0.0598. The average Bonchev–Trinajstić information content (AvgIpc) is 3.89. The van der Waals surface area contributed by atoms with Crippen molar-refractivity contribution in [3.63, 3.8) is 0 Å². The zero-order valence-corrected chi connectivity index (χ0v) is 31.6. The molecule has 0 spiro atoms. The van der Waals surface area contributed by atoms with Gasteiger partial charge in [0, 0.05) is 24.7 Å². The third kappa shape index (κ3) is 5.60. The van der Waals surface area contributed by atoms with Gasteiger partial charge in [0.1, 0.15) is 0 Å². The van der Waals surface area contributed by atoms with E-state index in [0.717, 1.165) is 51.1 Å². The van der Waals surface area contributed by atoms with E-state index in [0.29, 0.717) is 46.5 Å². The fraction of sp³-hybridized carbons (Fsp3) is 0.714. The Labute approximate surface area is 302 Å². The zero-order valence-electron chi connectivity index (χ0n) is 31.6. The number of nitrogens with zero attached hydrogens (tertiary/aromatic N) is 2. The summed E-state index contributed by atoms with van der Waals surface area (Å²) >= 11 is 0. The molecule has 10 fully saturated rings. The maximum atomic E-state index is 6.67. The van der Waals surface area contributed by atoms with Crippen molar-refractivity contribution in [3.8, 4) is 0 Å². The molecule has 50 heavy (non-hydrogen) atoms. The van der Waals surface area contributed by atoms with Gasteiger partial charge in [0.15, 0.2) is 0 Å². The fourth-order valence-corrected chi connectivity index (χ4v) is 12.3. The van der Waals surface area contributed by atoms with Gasteiger partial charge in [-0.05, 0) is 124 Å². The van der Waals surface area contributed by atoms with Crippen LogP contribution in [0.15, 0.2) is 60.7 Å². The number of benzene rings is 2. The van der Waals surface area contributed by atoms with E-state index < -0.39 is 0 Å². The van der Waals surface area contributed by atoms with Gasteiger partial charge in [0.2, 0.25) is 0 Å². The lowest BCUT2D eigenvalue weighted by molar-refractivity contribution is -0.199. The number of hydrogen-bond donors (Lipinski definition) is 0. The van der Waals surface area contributed by atoms with E-state index in [1.807, 2.05) is 0 Å². The predicted octanol–water partition coefficient (Wildman–Crippen LogP) is 7.98. The van der Waals surface area contributed by atoms with Crippen LogP contribution in [-0.4, -0.2) is 73.6 Å². The highest BCUT2D eigenvalue weighted by Gasteiger charge is 2.70. The van der Waals surface area contributed by atoms with Crippen molar-refractivity contribution in [2.24, 2.45) is 34.5 Å². The van der Waals surface area contributed by atoms with Crippen molar-refractivity contribution in [3.05, 3.63) is 71.8 Å². The van der Waals surface area contributed by atoms with Crippen molar-refractivity contribution >= 4 is 14.2 Å². The summed E-state index contributed by atoms with van der Waals surface area (Å²) in [5.41, 5.74) is 3.54. The lowest BCUT2D eigenvalue weighted by atomic mass is 9.43. The summed E-state index contributed by atoms with van der Waals surface area (Å²) in [7, 11) is 0.0110. The molecule has 6 aliphatic carbocycles. The van der Waals surface area contributed by atoms with Crippen LogP contribution in [0, 0.1) is 34.5 Å². The maximum absolute atomic E-state index is 6.67. The Morgan fingerprint density at radius 2 is 0.980 bits per heavy atom. The molecule has 2 aromatic rings. The molecule has 4 aliphatic heterocycles. The highest BCUT2D eigenvalue weighted by Crippen LogP contribution is 2.67. The van der Waals surface area contributed by atoms with E-state index in [2.05, 4.69) is 112 Å². The molecule has 10 atom stereocenters. The van der Waals surface area contributed by atoms with Crippen molar-refractivity contribution in [2.75, 3.05) is 26.2 Å². The van der Waals surface area contributed by atoms with Gasteiger partial charge in [0.05, 0.1) is 23.4 Å². The van der Waals surface area contributed by atoms with Crippen molar-refractivity contribution in [2.45, 2.75) is 128 Å². The number of rotatable bonds is 6. The molecule has 4 heterocycles. The zero-order chi connectivity index (χ0) is 34.5. The Balaban J connectivity index is 0.000000135. The standard InChI is InChI=1S/2C21H30BNO2/c2*1-20(2)16-11-18(20)21(3)19(12-16)24-22(25-21)17-9-10-23(14-17)13-15-7-5-4-6-8-15/h2*4-8,16-19H,9-14H2,1-3H3/t16?,17-,18?,19+,21-;16?,17-,18?,19-,21+/m01/s1. The van der Waals surface area contributed by atoms with Crippen LogP contribution in [0.5, 0.6) is 0 Å². The van der Waals surface area contributed by atoms with Crippen molar-refractivity contribution in [1.29, 1.82) is 0 Å². The SMILES string of the molecule is CC1(C)C2CC1[C@]1(C)OB([C@@H]3CCN(Cc4ccccc4)C3)O[C@@H]1C2.CC1(C)C2CC1[C@]1(C)OB([C@H]3CCN(Cc4ccccc4)C3)O[C@@H]1C2. The summed E-state index contributed by atoms with van der Waals surface area (Å²) in [5.74, 6) is 4.02. The smallest absolute Gasteiger partial charge is 0.405 e. The molecule has 8 heteroatoms. The van der Waals surface area contributed by atoms with Crippen LogP contribution in [0.25, 0.3) is 0 Å². The van der Waals surface area contributed by atoms with Gasteiger partial charge in [-0.15, -0.1) is 0 Å². The molecular formula is C42H60B2N2O4. The summed E-state index contributed by atoms with van der Waals surface area (Å²) in [4.78, 5) is 5.11. The van der Waals surface area contributed by atoms with Crippen LogP contribution in [0.1, 0.15) is 91.2 Å². The summed E-state index contributed by atoms with van der Waals surface area (Å²) in [6.07, 6.45) is 8.07. The van der Waals surface area contributed by atoms with Gasteiger partial charge in [-0.25, -0.2) is 0 Å². The van der Waals surface area contributed by atoms with Gasteiger partial charge in [-0.3, -0.25) is 9.80 Å². The largest absolute Gasteiger partial charge is 0.462 e. The minimum absolute atomic E-state index is 0.00548. The molecular weight excluding hydrogens is 618 g/mol. The van der Waals surface area contributed by atoms with Gasteiger partial charge >= 0.3 is 14.2 Å². The molecule has 10 aliphatic rings. The molecule has 6 nitrogen and oxygen atoms in total. The number of hydrogen-bond acceptors (Lipinski definition) is 6. The molecule has 2 aromatic carbocycles. The first kappa shape index (κ1) is 34.1. The molecule has 0 aromatic heterocycles. The van der Waals surface area contributed by atoms with Crippen LogP contribution in [0.4, 0.5) is 0 Å². The summed E-state index contributed by atoms with van der Waals surface area (Å²) < 4.78 is 26.3. The van der Waals surface area contributed by atoms with Crippen LogP contribution in [-0.2, 0) is 31.7 Å². The second kappa shape index (κ2) is 12.5. The molecule has 4 bridgehead atoms. The Morgan fingerprint density at radius 3 is 1.36 bits per heavy atom. The van der Waals surface area contributed by atoms with Gasteiger partial charge < -0.3 is 18.6 Å². The first-order valence-electron chi connectivity index (χ1n) is 20.1. The van der Waals surface area contributed by atoms with E-state index >= 15 is 0 Å². The minimum Gasteiger partial charge on any atom is -0.405 e. The Morgan fingerprint density at radius 1 is 0.580 bits per heavy atom. The first-order valence-corrected chi connectivity index (χ1v) is 20.1. The third-order valence-electron chi connectivity index (χ3n) is 15.8. The van der Waals surface area contributed by atoms with E-state index in [1.54, 1.807) is 0 Å². The predicted molar refractivity (Wildman–Crippen MR) is 200 cm³/mol. The summed E-state index contributed by atoms with van der Waals surface area (Å²) in [5, 5.41) is 0. The molecule has 268 valence electrons. The summed E-state index contributed by atoms with van der Waals surface area (Å²) in [6, 6.07) is 21.6. The second-order valence-corrected chi connectivity index (χ2v) is 19.2. The summed E-state index contributed by atoms with van der Waals surface area (Å²) in [6.45, 7) is 21.0. The second-order valence-electron chi connectivity index (χ2n) is 19.2. The van der Waals surface area contributed by atoms with Crippen molar-refractivity contribution in [1.82, 2.24) is 9.80 Å².